The zero-order chi connectivity index (χ0) is 17.4. The number of Topliss-reactive ketones (excluding diaryl/α,β-unsaturated/α-hetero) is 1. The second kappa shape index (κ2) is 6.19. The zero-order valence-electron chi connectivity index (χ0n) is 15.2. The highest BCUT2D eigenvalue weighted by atomic mass is 16.2. The second-order valence-corrected chi connectivity index (χ2v) is 8.53. The lowest BCUT2D eigenvalue weighted by Crippen LogP contribution is -2.29. The summed E-state index contributed by atoms with van der Waals surface area (Å²) < 4.78 is 1.39. The molecule has 2 rings (SSSR count). The Kier molecular flexibility index (Phi) is 4.81. The van der Waals surface area contributed by atoms with E-state index in [1.807, 2.05) is 41.5 Å². The van der Waals surface area contributed by atoms with Crippen LogP contribution < -0.4 is 5.32 Å². The Morgan fingerprint density at radius 1 is 1.09 bits per heavy atom. The first-order valence-electron chi connectivity index (χ1n) is 8.41. The molecule has 0 radical (unpaired) electrons. The Morgan fingerprint density at radius 3 is 2.13 bits per heavy atom. The second-order valence-electron chi connectivity index (χ2n) is 8.53. The van der Waals surface area contributed by atoms with Gasteiger partial charge in [0.15, 0.2) is 5.78 Å². The number of nitrogens with zero attached hydrogens (tertiary/aromatic N) is 2. The fraction of sp³-hybridized carbons (Fsp3) is 0.722. The van der Waals surface area contributed by atoms with Crippen LogP contribution in [-0.2, 0) is 0 Å². The standard InChI is InChI=1S/C18H29N3O2/c1-17(2,3)15(22)13-11-21(16(23)18(4,5)6)20-14(13)12-7-9-19-10-8-12/h11-12,19H,7-10H2,1-6H3. The summed E-state index contributed by atoms with van der Waals surface area (Å²) in [4.78, 5) is 25.4. The van der Waals surface area contributed by atoms with Crippen LogP contribution in [0.5, 0.6) is 0 Å². The minimum atomic E-state index is -0.528. The van der Waals surface area contributed by atoms with Gasteiger partial charge in [0.1, 0.15) is 0 Å². The lowest BCUT2D eigenvalue weighted by atomic mass is 9.83. The highest BCUT2D eigenvalue weighted by Crippen LogP contribution is 2.31. The quantitative estimate of drug-likeness (QED) is 0.850. The van der Waals surface area contributed by atoms with Crippen molar-refractivity contribution in [2.45, 2.75) is 60.3 Å². The molecule has 1 aromatic heterocycles. The summed E-state index contributed by atoms with van der Waals surface area (Å²) in [5, 5.41) is 7.88. The lowest BCUT2D eigenvalue weighted by Gasteiger charge is -2.23. The van der Waals surface area contributed by atoms with Gasteiger partial charge >= 0.3 is 0 Å². The van der Waals surface area contributed by atoms with Crippen molar-refractivity contribution in [3.63, 3.8) is 0 Å². The Balaban J connectivity index is 2.47. The van der Waals surface area contributed by atoms with Gasteiger partial charge in [-0.05, 0) is 25.9 Å². The molecule has 0 aromatic carbocycles. The molecule has 1 aliphatic heterocycles. The van der Waals surface area contributed by atoms with Gasteiger partial charge in [-0.25, -0.2) is 4.68 Å². The molecule has 5 heteroatoms. The van der Waals surface area contributed by atoms with E-state index in [9.17, 15) is 9.59 Å². The number of rotatable bonds is 2. The number of nitrogens with one attached hydrogen (secondary N) is 1. The van der Waals surface area contributed by atoms with E-state index < -0.39 is 10.8 Å². The molecule has 1 aliphatic rings. The molecule has 2 heterocycles. The zero-order valence-corrected chi connectivity index (χ0v) is 15.2. The van der Waals surface area contributed by atoms with Crippen LogP contribution in [0.2, 0.25) is 0 Å². The van der Waals surface area contributed by atoms with Crippen molar-refractivity contribution in [2.75, 3.05) is 13.1 Å². The minimum absolute atomic E-state index is 0.0546. The molecule has 0 aliphatic carbocycles. The van der Waals surface area contributed by atoms with E-state index in [-0.39, 0.29) is 17.6 Å². The number of carbonyl (C=O) groups excluding carboxylic acids is 2. The summed E-state index contributed by atoms with van der Waals surface area (Å²) in [5.74, 6) is 0.214. The largest absolute Gasteiger partial charge is 0.317 e. The topological polar surface area (TPSA) is 64.0 Å². The van der Waals surface area contributed by atoms with E-state index in [0.717, 1.165) is 31.6 Å². The third-order valence-electron chi connectivity index (χ3n) is 4.24. The van der Waals surface area contributed by atoms with Crippen LogP contribution in [0.3, 0.4) is 0 Å². The van der Waals surface area contributed by atoms with Crippen molar-refractivity contribution in [2.24, 2.45) is 10.8 Å². The number of hydrogen-bond acceptors (Lipinski definition) is 4. The Morgan fingerprint density at radius 2 is 1.65 bits per heavy atom. The van der Waals surface area contributed by atoms with E-state index in [0.29, 0.717) is 5.56 Å². The van der Waals surface area contributed by atoms with Gasteiger partial charge in [-0.1, -0.05) is 41.5 Å². The smallest absolute Gasteiger partial charge is 0.252 e. The van der Waals surface area contributed by atoms with Crippen LogP contribution in [0.1, 0.15) is 81.1 Å². The average Bonchev–Trinajstić information content (AvgIpc) is 2.89. The van der Waals surface area contributed by atoms with Crippen LogP contribution in [-0.4, -0.2) is 34.6 Å². The highest BCUT2D eigenvalue weighted by molar-refractivity contribution is 6.01. The van der Waals surface area contributed by atoms with Crippen molar-refractivity contribution >= 4 is 11.7 Å². The summed E-state index contributed by atoms with van der Waals surface area (Å²) >= 11 is 0. The summed E-state index contributed by atoms with van der Waals surface area (Å²) in [6, 6.07) is 0. The maximum atomic E-state index is 12.8. The van der Waals surface area contributed by atoms with Crippen molar-refractivity contribution in [1.29, 1.82) is 0 Å². The van der Waals surface area contributed by atoms with E-state index >= 15 is 0 Å². The molecule has 128 valence electrons. The van der Waals surface area contributed by atoms with Gasteiger partial charge in [-0.15, -0.1) is 0 Å². The average molecular weight is 319 g/mol. The summed E-state index contributed by atoms with van der Waals surface area (Å²) in [6.45, 7) is 13.2. The van der Waals surface area contributed by atoms with Crippen LogP contribution >= 0.6 is 0 Å². The van der Waals surface area contributed by atoms with Crippen LogP contribution in [0, 0.1) is 10.8 Å². The van der Waals surface area contributed by atoms with Gasteiger partial charge in [-0.3, -0.25) is 9.59 Å². The maximum absolute atomic E-state index is 12.8. The first-order valence-corrected chi connectivity index (χ1v) is 8.41. The molecule has 0 atom stereocenters. The van der Waals surface area contributed by atoms with Gasteiger partial charge in [-0.2, -0.15) is 5.10 Å². The van der Waals surface area contributed by atoms with E-state index in [2.05, 4.69) is 10.4 Å². The normalized spacial score (nSPS) is 17.3. The van der Waals surface area contributed by atoms with Crippen molar-refractivity contribution < 1.29 is 9.59 Å². The molecule has 5 nitrogen and oxygen atoms in total. The molecule has 0 bridgehead atoms. The van der Waals surface area contributed by atoms with Gasteiger partial charge in [0.25, 0.3) is 5.91 Å². The van der Waals surface area contributed by atoms with E-state index in [1.54, 1.807) is 6.20 Å². The first-order chi connectivity index (χ1) is 10.5. The van der Waals surface area contributed by atoms with Crippen LogP contribution in [0.25, 0.3) is 0 Å². The number of aromatic nitrogens is 2. The molecule has 0 amide bonds. The Hall–Kier alpha value is -1.49. The van der Waals surface area contributed by atoms with Gasteiger partial charge in [0.2, 0.25) is 0 Å². The summed E-state index contributed by atoms with van der Waals surface area (Å²) in [5.41, 5.74) is 0.394. The molecule has 0 spiro atoms. The molecular formula is C18H29N3O2. The highest BCUT2D eigenvalue weighted by Gasteiger charge is 2.33. The maximum Gasteiger partial charge on any atom is 0.252 e. The fourth-order valence-electron chi connectivity index (χ4n) is 2.81. The molecule has 23 heavy (non-hydrogen) atoms. The summed E-state index contributed by atoms with van der Waals surface area (Å²) in [7, 11) is 0. The van der Waals surface area contributed by atoms with Crippen LogP contribution in [0.4, 0.5) is 0 Å². The third kappa shape index (κ3) is 3.89. The van der Waals surface area contributed by atoms with Gasteiger partial charge < -0.3 is 5.32 Å². The third-order valence-corrected chi connectivity index (χ3v) is 4.24. The van der Waals surface area contributed by atoms with Gasteiger partial charge in [0.05, 0.1) is 11.3 Å². The monoisotopic (exact) mass is 319 g/mol. The Bertz CT molecular complexity index is 597. The Labute approximate surface area is 138 Å². The fourth-order valence-corrected chi connectivity index (χ4v) is 2.81. The van der Waals surface area contributed by atoms with Gasteiger partial charge in [0, 0.05) is 22.9 Å². The molecule has 0 unspecified atom stereocenters. The molecular weight excluding hydrogens is 290 g/mol. The number of carbonyl (C=O) groups is 2. The van der Waals surface area contributed by atoms with E-state index in [1.165, 1.54) is 4.68 Å². The van der Waals surface area contributed by atoms with E-state index in [4.69, 9.17) is 0 Å². The molecule has 0 saturated carbocycles. The predicted molar refractivity (Wildman–Crippen MR) is 90.9 cm³/mol. The molecule has 1 N–H and O–H groups in total. The lowest BCUT2D eigenvalue weighted by molar-refractivity contribution is 0.0748. The van der Waals surface area contributed by atoms with Crippen molar-refractivity contribution in [3.8, 4) is 0 Å². The number of hydrogen-bond donors (Lipinski definition) is 1. The van der Waals surface area contributed by atoms with Crippen molar-refractivity contribution in [1.82, 2.24) is 15.1 Å². The number of piperidine rings is 1. The summed E-state index contributed by atoms with van der Waals surface area (Å²) in [6.07, 6.45) is 3.55. The molecule has 1 fully saturated rings. The molecule has 1 saturated heterocycles. The SMILES string of the molecule is CC(C)(C)C(=O)c1cn(C(=O)C(C)(C)C)nc1C1CCNCC1. The van der Waals surface area contributed by atoms with Crippen LogP contribution in [0.15, 0.2) is 6.20 Å². The molecule has 1 aromatic rings. The first kappa shape index (κ1) is 17.9. The minimum Gasteiger partial charge on any atom is -0.317 e. The number of ketones is 1. The predicted octanol–water partition coefficient (Wildman–Crippen LogP) is 3.27. The van der Waals surface area contributed by atoms with Crippen molar-refractivity contribution in [3.05, 3.63) is 17.5 Å².